The van der Waals surface area contributed by atoms with Crippen molar-refractivity contribution in [2.75, 3.05) is 26.2 Å². The number of rotatable bonds is 2. The minimum atomic E-state index is -0.338. The van der Waals surface area contributed by atoms with E-state index in [1.807, 2.05) is 11.6 Å². The van der Waals surface area contributed by atoms with E-state index in [0.29, 0.717) is 17.7 Å². The van der Waals surface area contributed by atoms with Crippen LogP contribution in [0.15, 0.2) is 9.59 Å². The summed E-state index contributed by atoms with van der Waals surface area (Å²) in [5.74, 6) is 0.810. The average Bonchev–Trinajstić information content (AvgIpc) is 2.81. The number of nitrogens with one attached hydrogen (secondary N) is 1. The molecule has 0 radical (unpaired) electrons. The summed E-state index contributed by atoms with van der Waals surface area (Å²) in [7, 11) is 5.00. The van der Waals surface area contributed by atoms with Gasteiger partial charge in [0.05, 0.1) is 6.54 Å². The van der Waals surface area contributed by atoms with Crippen LogP contribution in [0.25, 0.3) is 11.2 Å². The highest BCUT2D eigenvalue weighted by atomic mass is 16.2. The molecule has 0 aromatic carbocycles. The van der Waals surface area contributed by atoms with Crippen LogP contribution in [-0.4, -0.2) is 49.8 Å². The number of aromatic nitrogens is 4. The predicted octanol–water partition coefficient (Wildman–Crippen LogP) is -1.62. The zero-order chi connectivity index (χ0) is 15.1. The molecule has 0 aliphatic carbocycles. The molecule has 1 aliphatic rings. The fourth-order valence-corrected chi connectivity index (χ4v) is 2.83. The van der Waals surface area contributed by atoms with Crippen LogP contribution in [0.3, 0.4) is 0 Å². The first-order chi connectivity index (χ1) is 10.0. The standard InChI is InChI=1S/C13H20N6O2/c1-16-9(8-19-6-4-14-5-7-19)15-10-11(16)17(2)13(21)18(3)12(10)20/h14H,4-8H2,1-3H3. The van der Waals surface area contributed by atoms with E-state index in [0.717, 1.165) is 36.6 Å². The van der Waals surface area contributed by atoms with E-state index in [1.165, 1.54) is 11.6 Å². The first-order valence-electron chi connectivity index (χ1n) is 7.05. The van der Waals surface area contributed by atoms with E-state index >= 15 is 0 Å². The van der Waals surface area contributed by atoms with Gasteiger partial charge in [0.25, 0.3) is 5.56 Å². The third-order valence-electron chi connectivity index (χ3n) is 4.13. The highest BCUT2D eigenvalue weighted by molar-refractivity contribution is 5.70. The molecule has 0 saturated carbocycles. The molecule has 0 spiro atoms. The zero-order valence-corrected chi connectivity index (χ0v) is 12.6. The van der Waals surface area contributed by atoms with Crippen LogP contribution in [0, 0.1) is 0 Å². The molecule has 1 fully saturated rings. The summed E-state index contributed by atoms with van der Waals surface area (Å²) in [6.07, 6.45) is 0. The Kier molecular flexibility index (Phi) is 3.42. The van der Waals surface area contributed by atoms with Crippen molar-refractivity contribution in [3.8, 4) is 0 Å². The molecule has 1 saturated heterocycles. The van der Waals surface area contributed by atoms with Crippen molar-refractivity contribution in [2.24, 2.45) is 21.1 Å². The lowest BCUT2D eigenvalue weighted by Gasteiger charge is -2.26. The van der Waals surface area contributed by atoms with Crippen LogP contribution >= 0.6 is 0 Å². The molecule has 0 unspecified atom stereocenters. The second-order valence-electron chi connectivity index (χ2n) is 5.49. The van der Waals surface area contributed by atoms with E-state index in [2.05, 4.69) is 15.2 Å². The molecule has 8 nitrogen and oxygen atoms in total. The van der Waals surface area contributed by atoms with Crippen LogP contribution in [-0.2, 0) is 27.7 Å². The third-order valence-corrected chi connectivity index (χ3v) is 4.13. The Morgan fingerprint density at radius 1 is 1.05 bits per heavy atom. The van der Waals surface area contributed by atoms with Gasteiger partial charge < -0.3 is 9.88 Å². The molecule has 114 valence electrons. The molecular weight excluding hydrogens is 272 g/mol. The molecule has 0 bridgehead atoms. The first kappa shape index (κ1) is 14.0. The van der Waals surface area contributed by atoms with Gasteiger partial charge in [0, 0.05) is 47.3 Å². The maximum Gasteiger partial charge on any atom is 0.332 e. The van der Waals surface area contributed by atoms with Crippen molar-refractivity contribution in [1.29, 1.82) is 0 Å². The Morgan fingerprint density at radius 3 is 2.38 bits per heavy atom. The van der Waals surface area contributed by atoms with Gasteiger partial charge in [-0.2, -0.15) is 0 Å². The van der Waals surface area contributed by atoms with Crippen LogP contribution < -0.4 is 16.6 Å². The summed E-state index contributed by atoms with van der Waals surface area (Å²) in [6, 6.07) is 0. The minimum absolute atomic E-state index is 0.329. The van der Waals surface area contributed by atoms with Crippen molar-refractivity contribution in [3.05, 3.63) is 26.7 Å². The summed E-state index contributed by atoms with van der Waals surface area (Å²) in [5, 5.41) is 3.31. The summed E-state index contributed by atoms with van der Waals surface area (Å²) < 4.78 is 4.43. The second-order valence-corrected chi connectivity index (χ2v) is 5.49. The number of hydrogen-bond acceptors (Lipinski definition) is 5. The maximum atomic E-state index is 12.2. The molecular formula is C13H20N6O2. The Bertz CT molecular complexity index is 794. The van der Waals surface area contributed by atoms with E-state index in [4.69, 9.17) is 0 Å². The Hall–Kier alpha value is -1.93. The normalized spacial score (nSPS) is 16.7. The molecule has 3 heterocycles. The highest BCUT2D eigenvalue weighted by Crippen LogP contribution is 2.11. The molecule has 2 aromatic rings. The quantitative estimate of drug-likeness (QED) is 0.719. The van der Waals surface area contributed by atoms with Crippen molar-refractivity contribution >= 4 is 11.2 Å². The number of nitrogens with zero attached hydrogens (tertiary/aromatic N) is 5. The van der Waals surface area contributed by atoms with Gasteiger partial charge >= 0.3 is 5.69 Å². The van der Waals surface area contributed by atoms with Crippen LogP contribution in [0.5, 0.6) is 0 Å². The summed E-state index contributed by atoms with van der Waals surface area (Å²) in [6.45, 7) is 4.53. The topological polar surface area (TPSA) is 77.1 Å². The lowest BCUT2D eigenvalue weighted by Crippen LogP contribution is -2.43. The van der Waals surface area contributed by atoms with Gasteiger partial charge in [-0.25, -0.2) is 9.78 Å². The number of imidazole rings is 1. The van der Waals surface area contributed by atoms with Gasteiger partial charge in [-0.3, -0.25) is 18.8 Å². The van der Waals surface area contributed by atoms with E-state index in [9.17, 15) is 9.59 Å². The number of hydrogen-bond donors (Lipinski definition) is 1. The molecule has 1 N–H and O–H groups in total. The number of fused-ring (bicyclic) bond motifs is 1. The van der Waals surface area contributed by atoms with Gasteiger partial charge in [-0.05, 0) is 0 Å². The first-order valence-corrected chi connectivity index (χ1v) is 7.05. The fourth-order valence-electron chi connectivity index (χ4n) is 2.83. The summed E-state index contributed by atoms with van der Waals surface area (Å²) in [4.78, 5) is 31.0. The predicted molar refractivity (Wildman–Crippen MR) is 79.3 cm³/mol. The number of aryl methyl sites for hydroxylation is 2. The smallest absolute Gasteiger partial charge is 0.316 e. The van der Waals surface area contributed by atoms with Crippen molar-refractivity contribution in [3.63, 3.8) is 0 Å². The van der Waals surface area contributed by atoms with Crippen molar-refractivity contribution in [1.82, 2.24) is 28.9 Å². The third kappa shape index (κ3) is 2.20. The van der Waals surface area contributed by atoms with Gasteiger partial charge in [0.15, 0.2) is 5.52 Å². The molecule has 0 amide bonds. The van der Waals surface area contributed by atoms with Crippen LogP contribution in [0.1, 0.15) is 5.82 Å². The van der Waals surface area contributed by atoms with Crippen LogP contribution in [0.2, 0.25) is 0 Å². The maximum absolute atomic E-state index is 12.2. The van der Waals surface area contributed by atoms with Crippen molar-refractivity contribution in [2.45, 2.75) is 6.54 Å². The molecule has 21 heavy (non-hydrogen) atoms. The summed E-state index contributed by atoms with van der Waals surface area (Å²) in [5.41, 5.74) is 0.264. The van der Waals surface area contributed by atoms with E-state index < -0.39 is 0 Å². The largest absolute Gasteiger partial charge is 0.332 e. The lowest BCUT2D eigenvalue weighted by atomic mass is 10.3. The Morgan fingerprint density at radius 2 is 1.71 bits per heavy atom. The molecule has 0 atom stereocenters. The number of piperazine rings is 1. The van der Waals surface area contributed by atoms with Crippen LogP contribution in [0.4, 0.5) is 0 Å². The van der Waals surface area contributed by atoms with E-state index in [1.54, 1.807) is 7.05 Å². The molecule has 8 heteroatoms. The average molecular weight is 292 g/mol. The van der Waals surface area contributed by atoms with Gasteiger partial charge in [-0.1, -0.05) is 0 Å². The molecule has 2 aromatic heterocycles. The Labute approximate surface area is 121 Å². The Balaban J connectivity index is 2.11. The second kappa shape index (κ2) is 5.12. The molecule has 1 aliphatic heterocycles. The summed E-state index contributed by atoms with van der Waals surface area (Å²) >= 11 is 0. The van der Waals surface area contributed by atoms with Crippen molar-refractivity contribution < 1.29 is 0 Å². The molecule has 3 rings (SSSR count). The van der Waals surface area contributed by atoms with Gasteiger partial charge in [0.1, 0.15) is 11.5 Å². The minimum Gasteiger partial charge on any atom is -0.316 e. The van der Waals surface area contributed by atoms with Gasteiger partial charge in [-0.15, -0.1) is 0 Å². The highest BCUT2D eigenvalue weighted by Gasteiger charge is 2.19. The van der Waals surface area contributed by atoms with E-state index in [-0.39, 0.29) is 11.2 Å². The zero-order valence-electron chi connectivity index (χ0n) is 12.6. The lowest BCUT2D eigenvalue weighted by molar-refractivity contribution is 0.226. The van der Waals surface area contributed by atoms with Gasteiger partial charge in [0.2, 0.25) is 0 Å². The monoisotopic (exact) mass is 292 g/mol. The SMILES string of the molecule is Cn1c(=O)c2nc(CN3CCNCC3)n(C)c2n(C)c1=O. The fraction of sp³-hybridized carbons (Fsp3) is 0.615.